The molecule has 0 aliphatic carbocycles. The van der Waals surface area contributed by atoms with E-state index in [2.05, 4.69) is 25.8 Å². The molecule has 0 fully saturated rings. The van der Waals surface area contributed by atoms with Crippen molar-refractivity contribution in [3.05, 3.63) is 90.6 Å². The summed E-state index contributed by atoms with van der Waals surface area (Å²) >= 11 is 0. The lowest BCUT2D eigenvalue weighted by molar-refractivity contribution is 0.101. The highest BCUT2D eigenvalue weighted by atomic mass is 16.5. The number of benzene rings is 3. The SMILES string of the molecule is CC(=O)c1cccc(Nc2cnnc(Nc3ccc(Oc4ccccc4)cc3)n2)c1. The molecular weight excluding hydrogens is 378 g/mol. The van der Waals surface area contributed by atoms with Crippen molar-refractivity contribution in [2.24, 2.45) is 0 Å². The van der Waals surface area contributed by atoms with E-state index in [1.807, 2.05) is 66.7 Å². The van der Waals surface area contributed by atoms with Crippen molar-refractivity contribution in [2.75, 3.05) is 10.6 Å². The van der Waals surface area contributed by atoms with E-state index in [0.29, 0.717) is 17.3 Å². The summed E-state index contributed by atoms with van der Waals surface area (Å²) in [6.45, 7) is 1.53. The van der Waals surface area contributed by atoms with E-state index in [4.69, 9.17) is 4.74 Å². The zero-order valence-corrected chi connectivity index (χ0v) is 16.2. The van der Waals surface area contributed by atoms with E-state index in [1.54, 1.807) is 12.1 Å². The molecule has 0 aliphatic rings. The Kier molecular flexibility index (Phi) is 5.61. The number of aromatic nitrogens is 3. The second-order valence-electron chi connectivity index (χ2n) is 6.49. The van der Waals surface area contributed by atoms with Gasteiger partial charge in [0.15, 0.2) is 11.6 Å². The fourth-order valence-corrected chi connectivity index (χ4v) is 2.74. The Hall–Kier alpha value is -4.26. The van der Waals surface area contributed by atoms with Gasteiger partial charge in [-0.2, -0.15) is 10.1 Å². The van der Waals surface area contributed by atoms with Gasteiger partial charge < -0.3 is 15.4 Å². The number of rotatable bonds is 7. The van der Waals surface area contributed by atoms with Gasteiger partial charge in [-0.05, 0) is 55.5 Å². The summed E-state index contributed by atoms with van der Waals surface area (Å²) < 4.78 is 5.79. The van der Waals surface area contributed by atoms with Crippen LogP contribution >= 0.6 is 0 Å². The zero-order chi connectivity index (χ0) is 20.8. The number of hydrogen-bond donors (Lipinski definition) is 2. The molecule has 30 heavy (non-hydrogen) atoms. The minimum absolute atomic E-state index is 0.00140. The van der Waals surface area contributed by atoms with Gasteiger partial charge in [-0.3, -0.25) is 4.79 Å². The molecule has 0 saturated heterocycles. The summed E-state index contributed by atoms with van der Waals surface area (Å²) in [6, 6.07) is 24.3. The first-order valence-electron chi connectivity index (χ1n) is 9.33. The molecule has 0 aliphatic heterocycles. The maximum atomic E-state index is 11.5. The molecule has 3 aromatic carbocycles. The van der Waals surface area contributed by atoms with Crippen LogP contribution in [0.25, 0.3) is 0 Å². The van der Waals surface area contributed by atoms with Crippen LogP contribution in [0, 0.1) is 0 Å². The van der Waals surface area contributed by atoms with Crippen LogP contribution in [0.2, 0.25) is 0 Å². The standard InChI is InChI=1S/C23H19N5O2/c1-16(29)17-6-5-7-19(14-17)25-22-15-24-28-23(27-22)26-18-10-12-21(13-11-18)30-20-8-3-2-4-9-20/h2-15H,1H3,(H2,25,26,27,28). The molecule has 0 amide bonds. The van der Waals surface area contributed by atoms with Crippen LogP contribution in [-0.2, 0) is 0 Å². The van der Waals surface area contributed by atoms with Crippen LogP contribution in [0.3, 0.4) is 0 Å². The predicted octanol–water partition coefficient (Wildman–Crippen LogP) is 5.35. The van der Waals surface area contributed by atoms with Crippen LogP contribution in [0.5, 0.6) is 11.5 Å². The fourth-order valence-electron chi connectivity index (χ4n) is 2.74. The molecule has 0 spiro atoms. The number of ether oxygens (including phenoxy) is 1. The van der Waals surface area contributed by atoms with Crippen LogP contribution < -0.4 is 15.4 Å². The Labute approximate surface area is 173 Å². The van der Waals surface area contributed by atoms with Gasteiger partial charge in [0.25, 0.3) is 0 Å². The first-order valence-corrected chi connectivity index (χ1v) is 9.33. The van der Waals surface area contributed by atoms with Gasteiger partial charge in [-0.25, -0.2) is 0 Å². The Morgan fingerprint density at radius 3 is 2.37 bits per heavy atom. The molecule has 0 bridgehead atoms. The molecule has 0 atom stereocenters. The highest BCUT2D eigenvalue weighted by Crippen LogP contribution is 2.24. The number of carbonyl (C=O) groups excluding carboxylic acids is 1. The number of carbonyl (C=O) groups is 1. The van der Waals surface area contributed by atoms with E-state index in [1.165, 1.54) is 13.1 Å². The molecule has 2 N–H and O–H groups in total. The molecule has 0 radical (unpaired) electrons. The Bertz CT molecular complexity index is 1150. The monoisotopic (exact) mass is 397 g/mol. The predicted molar refractivity (Wildman–Crippen MR) is 116 cm³/mol. The van der Waals surface area contributed by atoms with Crippen LogP contribution in [-0.4, -0.2) is 21.0 Å². The highest BCUT2D eigenvalue weighted by molar-refractivity contribution is 5.95. The maximum Gasteiger partial charge on any atom is 0.249 e. The fraction of sp³-hybridized carbons (Fsp3) is 0.0435. The third kappa shape index (κ3) is 4.96. The number of ketones is 1. The average molecular weight is 397 g/mol. The lowest BCUT2D eigenvalue weighted by atomic mass is 10.1. The van der Waals surface area contributed by atoms with Crippen LogP contribution in [0.1, 0.15) is 17.3 Å². The summed E-state index contributed by atoms with van der Waals surface area (Å²) in [5, 5.41) is 14.2. The van der Waals surface area contributed by atoms with Crippen LogP contribution in [0.15, 0.2) is 85.1 Å². The molecule has 148 valence electrons. The van der Waals surface area contributed by atoms with E-state index in [-0.39, 0.29) is 5.78 Å². The zero-order valence-electron chi connectivity index (χ0n) is 16.2. The summed E-state index contributed by atoms with van der Waals surface area (Å²) in [5.41, 5.74) is 2.17. The third-order valence-corrected chi connectivity index (χ3v) is 4.19. The Morgan fingerprint density at radius 2 is 1.60 bits per heavy atom. The lowest BCUT2D eigenvalue weighted by Gasteiger charge is -2.09. The molecule has 4 aromatic rings. The van der Waals surface area contributed by atoms with E-state index in [9.17, 15) is 4.79 Å². The summed E-state index contributed by atoms with van der Waals surface area (Å²) in [6.07, 6.45) is 1.52. The second-order valence-corrected chi connectivity index (χ2v) is 6.49. The third-order valence-electron chi connectivity index (χ3n) is 4.19. The van der Waals surface area contributed by atoms with Crippen molar-refractivity contribution in [2.45, 2.75) is 6.92 Å². The van der Waals surface area contributed by atoms with Gasteiger partial charge in [0.1, 0.15) is 11.5 Å². The van der Waals surface area contributed by atoms with Gasteiger partial charge in [-0.15, -0.1) is 5.10 Å². The van der Waals surface area contributed by atoms with Gasteiger partial charge in [0, 0.05) is 16.9 Å². The van der Waals surface area contributed by atoms with E-state index >= 15 is 0 Å². The molecule has 1 heterocycles. The van der Waals surface area contributed by atoms with Crippen LogP contribution in [0.4, 0.5) is 23.1 Å². The molecular formula is C23H19N5O2. The van der Waals surface area contributed by atoms with Gasteiger partial charge in [0.05, 0.1) is 6.20 Å². The van der Waals surface area contributed by atoms with Crippen molar-refractivity contribution >= 4 is 28.9 Å². The molecule has 7 heteroatoms. The van der Waals surface area contributed by atoms with Gasteiger partial charge >= 0.3 is 0 Å². The van der Waals surface area contributed by atoms with E-state index < -0.39 is 0 Å². The van der Waals surface area contributed by atoms with Crippen molar-refractivity contribution in [1.29, 1.82) is 0 Å². The number of nitrogens with one attached hydrogen (secondary N) is 2. The molecule has 0 unspecified atom stereocenters. The van der Waals surface area contributed by atoms with Crippen molar-refractivity contribution in [3.8, 4) is 11.5 Å². The normalized spacial score (nSPS) is 10.3. The first-order chi connectivity index (χ1) is 14.7. The quantitative estimate of drug-likeness (QED) is 0.406. The number of hydrogen-bond acceptors (Lipinski definition) is 7. The Morgan fingerprint density at radius 1 is 0.833 bits per heavy atom. The smallest absolute Gasteiger partial charge is 0.249 e. The lowest BCUT2D eigenvalue weighted by Crippen LogP contribution is -2.03. The minimum atomic E-state index is 0.00140. The van der Waals surface area contributed by atoms with Crippen molar-refractivity contribution in [3.63, 3.8) is 0 Å². The number of nitrogens with zero attached hydrogens (tertiary/aromatic N) is 3. The minimum Gasteiger partial charge on any atom is -0.457 e. The van der Waals surface area contributed by atoms with Crippen molar-refractivity contribution < 1.29 is 9.53 Å². The molecule has 4 rings (SSSR count). The molecule has 7 nitrogen and oxygen atoms in total. The molecule has 1 aromatic heterocycles. The number of Topliss-reactive ketones (excluding diaryl/α,β-unsaturated/α-hetero) is 1. The topological polar surface area (TPSA) is 89.0 Å². The van der Waals surface area contributed by atoms with Gasteiger partial charge in [-0.1, -0.05) is 30.3 Å². The summed E-state index contributed by atoms with van der Waals surface area (Å²) in [7, 11) is 0. The largest absolute Gasteiger partial charge is 0.457 e. The maximum absolute atomic E-state index is 11.5. The number of anilines is 4. The second kappa shape index (κ2) is 8.83. The average Bonchev–Trinajstić information content (AvgIpc) is 2.76. The highest BCUT2D eigenvalue weighted by Gasteiger charge is 2.05. The van der Waals surface area contributed by atoms with Crippen molar-refractivity contribution in [1.82, 2.24) is 15.2 Å². The Balaban J connectivity index is 1.43. The number of para-hydroxylation sites is 1. The van der Waals surface area contributed by atoms with E-state index in [0.717, 1.165) is 22.9 Å². The van der Waals surface area contributed by atoms with Gasteiger partial charge in [0.2, 0.25) is 5.95 Å². The first kappa shape index (κ1) is 19.1. The molecule has 0 saturated carbocycles. The summed E-state index contributed by atoms with van der Waals surface area (Å²) in [4.78, 5) is 16.0. The summed E-state index contributed by atoms with van der Waals surface area (Å²) in [5.74, 6) is 2.36.